The van der Waals surface area contributed by atoms with E-state index in [1.165, 1.54) is 12.8 Å². The highest BCUT2D eigenvalue weighted by Crippen LogP contribution is 2.32. The first-order valence-corrected chi connectivity index (χ1v) is 7.58. The maximum Gasteiger partial charge on any atom is 0.0526 e. The van der Waals surface area contributed by atoms with Gasteiger partial charge in [-0.2, -0.15) is 0 Å². The summed E-state index contributed by atoms with van der Waals surface area (Å²) in [5.74, 6) is 2.17. The first kappa shape index (κ1) is 13.2. The van der Waals surface area contributed by atoms with Crippen LogP contribution in [0, 0.1) is 11.8 Å². The van der Waals surface area contributed by atoms with Gasteiger partial charge in [0, 0.05) is 22.6 Å². The summed E-state index contributed by atoms with van der Waals surface area (Å²) in [5, 5.41) is 3.88. The number of hydrogen-bond donors (Lipinski definition) is 1. The monoisotopic (exact) mass is 231 g/mol. The fraction of sp³-hybridized carbons (Fsp3) is 1.00. The van der Waals surface area contributed by atoms with E-state index in [-0.39, 0.29) is 0 Å². The number of rotatable bonds is 4. The van der Waals surface area contributed by atoms with Gasteiger partial charge in [-0.15, -0.1) is 0 Å². The number of hydrogen-bond acceptors (Lipinski definition) is 2. The van der Waals surface area contributed by atoms with Crippen molar-refractivity contribution < 1.29 is 4.21 Å². The largest absolute Gasteiger partial charge is 0.313 e. The highest BCUT2D eigenvalue weighted by Gasteiger charge is 2.36. The molecule has 1 aliphatic carbocycles. The van der Waals surface area contributed by atoms with Crippen LogP contribution in [0.15, 0.2) is 0 Å². The lowest BCUT2D eigenvalue weighted by atomic mass is 9.80. The minimum atomic E-state index is -0.653. The van der Waals surface area contributed by atoms with E-state index in [4.69, 9.17) is 0 Å². The molecule has 1 saturated carbocycles. The predicted octanol–water partition coefficient (Wildman–Crippen LogP) is 2.17. The molecule has 1 rings (SSSR count). The summed E-state index contributed by atoms with van der Waals surface area (Å²) in [6.45, 7) is 9.73. The Hall–Kier alpha value is 0.110. The van der Waals surface area contributed by atoms with Crippen molar-refractivity contribution in [2.24, 2.45) is 11.8 Å². The lowest BCUT2D eigenvalue weighted by Crippen LogP contribution is -2.50. The van der Waals surface area contributed by atoms with E-state index in [1.807, 2.05) is 6.92 Å². The summed E-state index contributed by atoms with van der Waals surface area (Å²) >= 11 is 0. The van der Waals surface area contributed by atoms with E-state index < -0.39 is 10.8 Å². The average Bonchev–Trinajstić information content (AvgIpc) is 2.16. The van der Waals surface area contributed by atoms with Crippen LogP contribution in [0.25, 0.3) is 0 Å². The van der Waals surface area contributed by atoms with Crippen LogP contribution in [-0.2, 0) is 10.8 Å². The standard InChI is InChI=1S/C12H25NOS/c1-5-13-11-8-9(3)7-10(4)12(11)15(14)6-2/h9-13H,5-8H2,1-4H3. The fourth-order valence-corrected chi connectivity index (χ4v) is 4.51. The van der Waals surface area contributed by atoms with Crippen LogP contribution in [0.5, 0.6) is 0 Å². The molecule has 1 aliphatic rings. The zero-order chi connectivity index (χ0) is 11.4. The average molecular weight is 231 g/mol. The Morgan fingerprint density at radius 1 is 1.27 bits per heavy atom. The SMILES string of the molecule is CCNC1CC(C)CC(C)C1S(=O)CC. The van der Waals surface area contributed by atoms with Crippen molar-refractivity contribution in [2.75, 3.05) is 12.3 Å². The van der Waals surface area contributed by atoms with Gasteiger partial charge in [0.15, 0.2) is 0 Å². The van der Waals surface area contributed by atoms with Gasteiger partial charge in [-0.1, -0.05) is 27.7 Å². The molecule has 15 heavy (non-hydrogen) atoms. The summed E-state index contributed by atoms with van der Waals surface area (Å²) in [7, 11) is -0.653. The van der Waals surface area contributed by atoms with Crippen molar-refractivity contribution in [3.63, 3.8) is 0 Å². The van der Waals surface area contributed by atoms with Crippen molar-refractivity contribution in [3.05, 3.63) is 0 Å². The van der Waals surface area contributed by atoms with Crippen LogP contribution in [0.1, 0.15) is 40.5 Å². The molecule has 0 bridgehead atoms. The van der Waals surface area contributed by atoms with Gasteiger partial charge in [-0.3, -0.25) is 4.21 Å². The third-order valence-corrected chi connectivity index (χ3v) is 5.41. The Morgan fingerprint density at radius 2 is 1.93 bits per heavy atom. The summed E-state index contributed by atoms with van der Waals surface area (Å²) in [6, 6.07) is 0.467. The first-order chi connectivity index (χ1) is 7.10. The zero-order valence-corrected chi connectivity index (χ0v) is 11.3. The molecule has 5 unspecified atom stereocenters. The third-order valence-electron chi connectivity index (χ3n) is 3.44. The Balaban J connectivity index is 2.72. The smallest absolute Gasteiger partial charge is 0.0526 e. The lowest BCUT2D eigenvalue weighted by molar-refractivity contribution is 0.248. The minimum absolute atomic E-state index is 0.367. The summed E-state index contributed by atoms with van der Waals surface area (Å²) < 4.78 is 12.0. The molecule has 0 aliphatic heterocycles. The van der Waals surface area contributed by atoms with Gasteiger partial charge in [-0.25, -0.2) is 0 Å². The molecule has 3 heteroatoms. The van der Waals surface area contributed by atoms with Crippen LogP contribution in [0.2, 0.25) is 0 Å². The molecule has 0 heterocycles. The van der Waals surface area contributed by atoms with Gasteiger partial charge >= 0.3 is 0 Å². The van der Waals surface area contributed by atoms with Crippen LogP contribution < -0.4 is 5.32 Å². The molecule has 1 N–H and O–H groups in total. The van der Waals surface area contributed by atoms with E-state index in [0.717, 1.165) is 18.2 Å². The minimum Gasteiger partial charge on any atom is -0.313 e. The van der Waals surface area contributed by atoms with E-state index in [1.54, 1.807) is 0 Å². The Bertz CT molecular complexity index is 220. The summed E-state index contributed by atoms with van der Waals surface area (Å²) in [5.41, 5.74) is 0. The van der Waals surface area contributed by atoms with Crippen molar-refractivity contribution >= 4 is 10.8 Å². The second kappa shape index (κ2) is 6.00. The van der Waals surface area contributed by atoms with E-state index in [0.29, 0.717) is 17.2 Å². The van der Waals surface area contributed by atoms with E-state index >= 15 is 0 Å². The molecule has 0 radical (unpaired) electrons. The lowest BCUT2D eigenvalue weighted by Gasteiger charge is -2.39. The predicted molar refractivity (Wildman–Crippen MR) is 67.5 cm³/mol. The molecule has 2 nitrogen and oxygen atoms in total. The fourth-order valence-electron chi connectivity index (χ4n) is 2.93. The van der Waals surface area contributed by atoms with E-state index in [9.17, 15) is 4.21 Å². The topological polar surface area (TPSA) is 29.1 Å². The Kier molecular flexibility index (Phi) is 5.27. The van der Waals surface area contributed by atoms with Gasteiger partial charge in [0.25, 0.3) is 0 Å². The first-order valence-electron chi connectivity index (χ1n) is 6.20. The molecule has 5 atom stereocenters. The molecule has 0 spiro atoms. The quantitative estimate of drug-likeness (QED) is 0.803. The van der Waals surface area contributed by atoms with Crippen molar-refractivity contribution in [3.8, 4) is 0 Å². The summed E-state index contributed by atoms with van der Waals surface area (Å²) in [6.07, 6.45) is 2.42. The molecule has 90 valence electrons. The normalized spacial score (nSPS) is 38.9. The molecular weight excluding hydrogens is 206 g/mol. The molecule has 0 aromatic rings. The third kappa shape index (κ3) is 3.28. The maximum absolute atomic E-state index is 12.0. The molecule has 1 fully saturated rings. The van der Waals surface area contributed by atoms with Crippen LogP contribution in [0.4, 0.5) is 0 Å². The van der Waals surface area contributed by atoms with Gasteiger partial charge in [0.2, 0.25) is 0 Å². The highest BCUT2D eigenvalue weighted by molar-refractivity contribution is 7.85. The second-order valence-corrected chi connectivity index (χ2v) is 6.74. The maximum atomic E-state index is 12.0. The van der Waals surface area contributed by atoms with Gasteiger partial charge in [0.1, 0.15) is 0 Å². The summed E-state index contributed by atoms with van der Waals surface area (Å²) in [4.78, 5) is 0. The second-order valence-electron chi connectivity index (χ2n) is 4.85. The Labute approximate surface area is 96.7 Å². The van der Waals surface area contributed by atoms with Gasteiger partial charge in [-0.05, 0) is 31.2 Å². The zero-order valence-electron chi connectivity index (χ0n) is 10.5. The van der Waals surface area contributed by atoms with Gasteiger partial charge < -0.3 is 5.32 Å². The molecule has 0 saturated heterocycles. The molecular formula is C12H25NOS. The Morgan fingerprint density at radius 3 is 2.47 bits per heavy atom. The van der Waals surface area contributed by atoms with Crippen molar-refractivity contribution in [1.82, 2.24) is 5.32 Å². The van der Waals surface area contributed by atoms with Crippen LogP contribution in [-0.4, -0.2) is 27.8 Å². The molecule has 0 aromatic carbocycles. The van der Waals surface area contributed by atoms with Crippen LogP contribution >= 0.6 is 0 Å². The molecule has 0 amide bonds. The van der Waals surface area contributed by atoms with Crippen molar-refractivity contribution in [1.29, 1.82) is 0 Å². The van der Waals surface area contributed by atoms with Crippen molar-refractivity contribution in [2.45, 2.75) is 51.8 Å². The highest BCUT2D eigenvalue weighted by atomic mass is 32.2. The molecule has 0 aromatic heterocycles. The van der Waals surface area contributed by atoms with Gasteiger partial charge in [0.05, 0.1) is 5.25 Å². The van der Waals surface area contributed by atoms with Crippen LogP contribution in [0.3, 0.4) is 0 Å². The van der Waals surface area contributed by atoms with E-state index in [2.05, 4.69) is 26.1 Å². The number of nitrogens with one attached hydrogen (secondary N) is 1.